The van der Waals surface area contributed by atoms with Crippen LogP contribution in [0.25, 0.3) is 64.7 Å². The highest BCUT2D eigenvalue weighted by Gasteiger charge is 2.54. The summed E-state index contributed by atoms with van der Waals surface area (Å²) < 4.78 is 2.59. The van der Waals surface area contributed by atoms with E-state index in [1.165, 1.54) is 98.1 Å². The first-order valence-electron chi connectivity index (χ1n) is 23.0. The van der Waals surface area contributed by atoms with Gasteiger partial charge in [-0.3, -0.25) is 0 Å². The van der Waals surface area contributed by atoms with Gasteiger partial charge in [0.25, 0.3) is 0 Å². The van der Waals surface area contributed by atoms with Crippen LogP contribution in [0.2, 0.25) is 0 Å². The number of benzene rings is 10. The quantitative estimate of drug-likeness (QED) is 0.161. The van der Waals surface area contributed by atoms with E-state index in [-0.39, 0.29) is 5.41 Å². The fraction of sp³-hybridized carbons (Fsp3) is 0.0625. The maximum Gasteiger partial charge on any atom is 0.0720 e. The predicted octanol–water partition coefficient (Wildman–Crippen LogP) is 17.5. The van der Waals surface area contributed by atoms with Gasteiger partial charge in [0.2, 0.25) is 0 Å². The molecule has 2 aliphatic carbocycles. The van der Waals surface area contributed by atoms with Gasteiger partial charge < -0.3 is 4.90 Å². The lowest BCUT2D eigenvalue weighted by Gasteiger charge is -2.46. The standard InChI is InChI=1S/C64H45NS/c1-63(2)53-31-14-16-33-55(53)64(56-34-17-15-32-54(56)63)52-30-13-10-29-50(52)62-57(64)35-20-37-59(62)65(43-39-40-61-51(41-43)49-28-12-19-38-60(49)66-61)58-36-18-11-27-48(58)47-26-9-8-25-46(47)45-24-7-6-23-44(45)42-21-4-3-5-22-42/h3-41H,1-2H3. The van der Waals surface area contributed by atoms with E-state index in [9.17, 15) is 0 Å². The molecule has 1 spiro atoms. The van der Waals surface area contributed by atoms with Gasteiger partial charge in [0, 0.05) is 42.4 Å². The van der Waals surface area contributed by atoms with Crippen molar-refractivity contribution >= 4 is 48.6 Å². The van der Waals surface area contributed by atoms with Crippen LogP contribution in [0.1, 0.15) is 47.2 Å². The van der Waals surface area contributed by atoms with Crippen molar-refractivity contribution in [3.05, 3.63) is 270 Å². The molecule has 0 saturated heterocycles. The van der Waals surface area contributed by atoms with Crippen molar-refractivity contribution in [1.82, 2.24) is 0 Å². The molecular weight excluding hydrogens is 815 g/mol. The predicted molar refractivity (Wildman–Crippen MR) is 280 cm³/mol. The Hall–Kier alpha value is -7.78. The molecule has 0 radical (unpaired) electrons. The number of fused-ring (bicyclic) bond motifs is 12. The normalized spacial score (nSPS) is 13.8. The molecule has 0 bridgehead atoms. The first-order chi connectivity index (χ1) is 32.5. The second-order valence-electron chi connectivity index (χ2n) is 18.3. The van der Waals surface area contributed by atoms with E-state index in [1.807, 2.05) is 11.3 Å². The molecule has 1 aromatic heterocycles. The minimum atomic E-state index is -0.517. The van der Waals surface area contributed by atoms with Crippen molar-refractivity contribution in [1.29, 1.82) is 0 Å². The number of rotatable bonds is 6. The van der Waals surface area contributed by atoms with E-state index in [4.69, 9.17) is 0 Å². The van der Waals surface area contributed by atoms with Crippen LogP contribution in [-0.2, 0) is 10.8 Å². The Morgan fingerprint density at radius 2 is 0.818 bits per heavy atom. The van der Waals surface area contributed by atoms with Crippen LogP contribution in [-0.4, -0.2) is 0 Å². The molecule has 0 saturated carbocycles. The largest absolute Gasteiger partial charge is 0.309 e. The first-order valence-corrected chi connectivity index (χ1v) is 23.8. The number of nitrogens with zero attached hydrogens (tertiary/aromatic N) is 1. The molecule has 0 amide bonds. The van der Waals surface area contributed by atoms with Gasteiger partial charge in [0.15, 0.2) is 0 Å². The second-order valence-corrected chi connectivity index (χ2v) is 19.4. The van der Waals surface area contributed by atoms with Gasteiger partial charge >= 0.3 is 0 Å². The van der Waals surface area contributed by atoms with Gasteiger partial charge in [-0.25, -0.2) is 0 Å². The molecule has 2 heteroatoms. The third-order valence-electron chi connectivity index (χ3n) is 14.6. The zero-order valence-corrected chi connectivity index (χ0v) is 37.7. The van der Waals surface area contributed by atoms with Crippen molar-refractivity contribution in [3.8, 4) is 44.5 Å². The van der Waals surface area contributed by atoms with E-state index >= 15 is 0 Å². The molecule has 0 unspecified atom stereocenters. The third-order valence-corrected chi connectivity index (χ3v) is 15.7. The minimum Gasteiger partial charge on any atom is -0.309 e. The summed E-state index contributed by atoms with van der Waals surface area (Å²) in [7, 11) is 0. The second kappa shape index (κ2) is 14.9. The monoisotopic (exact) mass is 859 g/mol. The highest BCUT2D eigenvalue weighted by atomic mass is 32.1. The van der Waals surface area contributed by atoms with Gasteiger partial charge in [-0.05, 0) is 103 Å². The summed E-state index contributed by atoms with van der Waals surface area (Å²) in [4.78, 5) is 2.57. The number of hydrogen-bond acceptors (Lipinski definition) is 2. The smallest absolute Gasteiger partial charge is 0.0720 e. The molecule has 66 heavy (non-hydrogen) atoms. The summed E-state index contributed by atoms with van der Waals surface area (Å²) in [6.45, 7) is 4.80. The Morgan fingerprint density at radius 1 is 0.333 bits per heavy atom. The van der Waals surface area contributed by atoms with Crippen LogP contribution >= 0.6 is 11.3 Å². The Morgan fingerprint density at radius 3 is 1.53 bits per heavy atom. The van der Waals surface area contributed by atoms with Gasteiger partial charge in [-0.2, -0.15) is 0 Å². The van der Waals surface area contributed by atoms with E-state index < -0.39 is 5.41 Å². The van der Waals surface area contributed by atoms with Crippen molar-refractivity contribution in [2.24, 2.45) is 0 Å². The molecule has 312 valence electrons. The molecule has 1 heterocycles. The summed E-state index contributed by atoms with van der Waals surface area (Å²) in [5.41, 5.74) is 20.6. The zero-order chi connectivity index (χ0) is 44.0. The summed E-state index contributed by atoms with van der Waals surface area (Å²) in [5.74, 6) is 0. The molecular formula is C64H45NS. The van der Waals surface area contributed by atoms with Crippen molar-refractivity contribution in [2.75, 3.05) is 4.90 Å². The molecule has 11 aromatic rings. The molecule has 0 aliphatic heterocycles. The summed E-state index contributed by atoms with van der Waals surface area (Å²) >= 11 is 1.87. The SMILES string of the molecule is CC1(C)c2ccccc2C2(c3ccccc3-c3c(N(c4ccc5sc6ccccc6c5c4)c4ccccc4-c4ccccc4-c4ccccc4-c4ccccc4)cccc32)c2ccccc21. The van der Waals surface area contributed by atoms with Crippen LogP contribution in [0.3, 0.4) is 0 Å². The van der Waals surface area contributed by atoms with Gasteiger partial charge in [0.05, 0.1) is 16.8 Å². The average molecular weight is 860 g/mol. The molecule has 0 fully saturated rings. The Balaban J connectivity index is 1.12. The lowest BCUT2D eigenvalue weighted by atomic mass is 9.55. The van der Waals surface area contributed by atoms with Crippen LogP contribution in [0.4, 0.5) is 17.1 Å². The number of anilines is 3. The maximum atomic E-state index is 2.57. The van der Waals surface area contributed by atoms with Gasteiger partial charge in [-0.15, -0.1) is 11.3 Å². The van der Waals surface area contributed by atoms with Crippen molar-refractivity contribution < 1.29 is 0 Å². The van der Waals surface area contributed by atoms with Crippen molar-refractivity contribution in [3.63, 3.8) is 0 Å². The minimum absolute atomic E-state index is 0.177. The highest BCUT2D eigenvalue weighted by molar-refractivity contribution is 7.25. The number of hydrogen-bond donors (Lipinski definition) is 0. The molecule has 13 rings (SSSR count). The highest BCUT2D eigenvalue weighted by Crippen LogP contribution is 2.64. The average Bonchev–Trinajstić information content (AvgIpc) is 3.90. The van der Waals surface area contributed by atoms with E-state index in [0.717, 1.165) is 17.1 Å². The van der Waals surface area contributed by atoms with Crippen LogP contribution in [0.5, 0.6) is 0 Å². The fourth-order valence-electron chi connectivity index (χ4n) is 11.8. The van der Waals surface area contributed by atoms with E-state index in [2.05, 4.69) is 255 Å². The van der Waals surface area contributed by atoms with Crippen LogP contribution in [0.15, 0.2) is 237 Å². The number of thiophene rings is 1. The molecule has 2 aliphatic rings. The summed E-state index contributed by atoms with van der Waals surface area (Å²) in [6.07, 6.45) is 0. The summed E-state index contributed by atoms with van der Waals surface area (Å²) in [5, 5.41) is 2.56. The van der Waals surface area contributed by atoms with Gasteiger partial charge in [0.1, 0.15) is 0 Å². The Kier molecular flexibility index (Phi) is 8.72. The topological polar surface area (TPSA) is 3.24 Å². The number of para-hydroxylation sites is 1. The third kappa shape index (κ3) is 5.52. The van der Waals surface area contributed by atoms with Gasteiger partial charge in [-0.1, -0.05) is 214 Å². The Labute approximate surface area is 390 Å². The van der Waals surface area contributed by atoms with E-state index in [1.54, 1.807) is 0 Å². The molecule has 0 N–H and O–H groups in total. The Bertz CT molecular complexity index is 3650. The van der Waals surface area contributed by atoms with Crippen LogP contribution < -0.4 is 4.90 Å². The van der Waals surface area contributed by atoms with Crippen molar-refractivity contribution in [2.45, 2.75) is 24.7 Å². The fourth-order valence-corrected chi connectivity index (χ4v) is 12.9. The van der Waals surface area contributed by atoms with E-state index in [0.29, 0.717) is 0 Å². The molecule has 1 nitrogen and oxygen atoms in total. The zero-order valence-electron chi connectivity index (χ0n) is 36.9. The molecule has 0 atom stereocenters. The lowest BCUT2D eigenvalue weighted by Crippen LogP contribution is -2.40. The lowest BCUT2D eigenvalue weighted by molar-refractivity contribution is 0.563. The maximum absolute atomic E-state index is 2.57. The first kappa shape index (κ1) is 38.7. The molecule has 10 aromatic carbocycles. The summed E-state index contributed by atoms with van der Waals surface area (Å²) in [6, 6.07) is 88.4. The van der Waals surface area contributed by atoms with Crippen LogP contribution in [0, 0.1) is 0 Å².